The Balaban J connectivity index is 1.86. The van der Waals surface area contributed by atoms with Crippen molar-refractivity contribution in [3.63, 3.8) is 0 Å². The fourth-order valence-electron chi connectivity index (χ4n) is 3.56. The number of benzene rings is 2. The van der Waals surface area contributed by atoms with E-state index in [1.807, 2.05) is 0 Å². The number of carbonyl (C=O) groups is 1. The van der Waals surface area contributed by atoms with Crippen LogP contribution in [0.2, 0.25) is 0 Å². The van der Waals surface area contributed by atoms with Crippen LogP contribution >= 0.6 is 0 Å². The Morgan fingerprint density at radius 3 is 2.58 bits per heavy atom. The maximum absolute atomic E-state index is 15.5. The summed E-state index contributed by atoms with van der Waals surface area (Å²) in [6.45, 7) is 0.726. The van der Waals surface area contributed by atoms with Crippen LogP contribution in [0.4, 0.5) is 8.78 Å². The van der Waals surface area contributed by atoms with E-state index in [0.29, 0.717) is 30.9 Å². The lowest BCUT2D eigenvalue weighted by Crippen LogP contribution is -2.32. The fraction of sp³-hybridized carbons (Fsp3) is 0.227. The van der Waals surface area contributed by atoms with E-state index in [1.165, 1.54) is 24.1 Å². The summed E-state index contributed by atoms with van der Waals surface area (Å²) >= 11 is 0. The molecule has 158 valence electrons. The Morgan fingerprint density at radius 1 is 1.26 bits per heavy atom. The molecule has 0 unspecified atom stereocenters. The van der Waals surface area contributed by atoms with Gasteiger partial charge in [-0.3, -0.25) is 9.36 Å². The van der Waals surface area contributed by atoms with E-state index < -0.39 is 17.7 Å². The lowest BCUT2D eigenvalue weighted by atomic mass is 10.1. The van der Waals surface area contributed by atoms with E-state index in [9.17, 15) is 9.18 Å². The first-order chi connectivity index (χ1) is 14.9. The van der Waals surface area contributed by atoms with Crippen LogP contribution in [0.1, 0.15) is 22.5 Å². The first kappa shape index (κ1) is 20.5. The van der Waals surface area contributed by atoms with Crippen molar-refractivity contribution in [3.05, 3.63) is 65.5 Å². The third kappa shape index (κ3) is 3.73. The molecule has 0 bridgehead atoms. The quantitative estimate of drug-likeness (QED) is 0.696. The Labute approximate surface area is 177 Å². The lowest BCUT2D eigenvalue weighted by molar-refractivity contribution is 0.0780. The van der Waals surface area contributed by atoms with Gasteiger partial charge in [0.15, 0.2) is 5.69 Å². The third-order valence-corrected chi connectivity index (χ3v) is 5.21. The number of carbonyl (C=O) groups excluding carboxylic acids is 1. The maximum atomic E-state index is 15.5. The first-order valence-electron chi connectivity index (χ1n) is 9.60. The van der Waals surface area contributed by atoms with Crippen LogP contribution in [0.5, 0.6) is 5.75 Å². The van der Waals surface area contributed by atoms with Crippen LogP contribution in [0.3, 0.4) is 0 Å². The Bertz CT molecular complexity index is 1180. The maximum Gasteiger partial charge on any atom is 0.277 e. The predicted molar refractivity (Wildman–Crippen MR) is 109 cm³/mol. The summed E-state index contributed by atoms with van der Waals surface area (Å²) in [5.74, 6) is -1.60. The molecule has 2 aromatic carbocycles. The van der Waals surface area contributed by atoms with Crippen LogP contribution < -0.4 is 10.5 Å². The van der Waals surface area contributed by atoms with Gasteiger partial charge in [-0.1, -0.05) is 0 Å². The number of aromatic nitrogens is 2. The largest absolute Gasteiger partial charge is 0.497 e. The number of nitrogens with two attached hydrogens (primary N) is 1. The molecule has 1 aliphatic heterocycles. The number of nitrogens with zero attached hydrogens (tertiary/aromatic N) is 4. The van der Waals surface area contributed by atoms with Gasteiger partial charge in [-0.2, -0.15) is 9.65 Å². The molecule has 1 amide bonds. The number of amides is 1. The number of rotatable bonds is 4. The van der Waals surface area contributed by atoms with Crippen molar-refractivity contribution in [3.8, 4) is 28.9 Å². The van der Waals surface area contributed by atoms with Gasteiger partial charge in [-0.05, 0) is 48.9 Å². The molecule has 0 radical (unpaired) electrons. The second-order valence-electron chi connectivity index (χ2n) is 7.21. The molecular weight excluding hydrogens is 404 g/mol. The molecule has 4 rings (SSSR count). The van der Waals surface area contributed by atoms with Crippen LogP contribution in [-0.2, 0) is 0 Å². The summed E-state index contributed by atoms with van der Waals surface area (Å²) < 4.78 is 36.1. The number of halogens is 2. The minimum absolute atomic E-state index is 0.0397. The van der Waals surface area contributed by atoms with Crippen LogP contribution in [0, 0.1) is 23.1 Å². The van der Waals surface area contributed by atoms with E-state index in [0.717, 1.165) is 10.6 Å². The number of hydrogen-bond acceptors (Lipinski definition) is 5. The highest BCUT2D eigenvalue weighted by Gasteiger charge is 2.31. The third-order valence-electron chi connectivity index (χ3n) is 5.21. The summed E-state index contributed by atoms with van der Waals surface area (Å²) in [5, 5.41) is 8.98. The van der Waals surface area contributed by atoms with Gasteiger partial charge in [-0.15, -0.1) is 0 Å². The van der Waals surface area contributed by atoms with Crippen molar-refractivity contribution >= 4 is 5.91 Å². The number of methoxy groups -OCH3 is 1. The van der Waals surface area contributed by atoms with Crippen LogP contribution in [0.25, 0.3) is 17.1 Å². The minimum Gasteiger partial charge on any atom is -0.497 e. The van der Waals surface area contributed by atoms with Crippen molar-refractivity contribution < 1.29 is 18.3 Å². The second-order valence-corrected chi connectivity index (χ2v) is 7.21. The van der Waals surface area contributed by atoms with Crippen molar-refractivity contribution in [1.29, 1.82) is 5.26 Å². The number of imidazole rings is 1. The normalized spacial score (nSPS) is 15.7. The van der Waals surface area contributed by atoms with Gasteiger partial charge in [0, 0.05) is 24.7 Å². The van der Waals surface area contributed by atoms with Gasteiger partial charge >= 0.3 is 0 Å². The molecule has 1 saturated heterocycles. The molecule has 9 heteroatoms. The molecule has 2 heterocycles. The van der Waals surface area contributed by atoms with Crippen LogP contribution in [0.15, 0.2) is 42.5 Å². The Morgan fingerprint density at radius 2 is 2.00 bits per heavy atom. The molecule has 1 atom stereocenters. The molecule has 0 saturated carbocycles. The minimum atomic E-state index is -0.865. The molecule has 31 heavy (non-hydrogen) atoms. The molecule has 2 N–H and O–H groups in total. The summed E-state index contributed by atoms with van der Waals surface area (Å²) in [6, 6.07) is 11.9. The highest BCUT2D eigenvalue weighted by Crippen LogP contribution is 2.29. The van der Waals surface area contributed by atoms with Gasteiger partial charge in [0.05, 0.1) is 18.4 Å². The van der Waals surface area contributed by atoms with Crippen molar-refractivity contribution in [1.82, 2.24) is 14.5 Å². The molecule has 3 aromatic rings. The van der Waals surface area contributed by atoms with Gasteiger partial charge in [0.1, 0.15) is 23.5 Å². The summed E-state index contributed by atoms with van der Waals surface area (Å²) in [4.78, 5) is 18.6. The Kier molecular flexibility index (Phi) is 5.40. The highest BCUT2D eigenvalue weighted by atomic mass is 19.1. The van der Waals surface area contributed by atoms with E-state index in [4.69, 9.17) is 15.7 Å². The van der Waals surface area contributed by atoms with E-state index in [-0.39, 0.29) is 28.7 Å². The molecule has 1 aromatic heterocycles. The number of likely N-dealkylation sites (tertiary alicyclic amines) is 1. The summed E-state index contributed by atoms with van der Waals surface area (Å²) in [6.07, 6.45) is 0.625. The standard InChI is InChI=1S/C22H19F2N5O2/c1-31-17-6-4-16(5-7-17)29-20(24)19(22(30)28-9-8-15(26)12-28)27-21(29)13-2-3-14(11-25)18(23)10-13/h2-7,10,15H,8-9,12,26H2,1H3/t15-/m0/s1. The molecule has 1 fully saturated rings. The van der Waals surface area contributed by atoms with E-state index >= 15 is 4.39 Å². The molecule has 0 spiro atoms. The molecular formula is C22H19F2N5O2. The number of hydrogen-bond donors (Lipinski definition) is 1. The molecule has 0 aliphatic carbocycles. The van der Waals surface area contributed by atoms with E-state index in [2.05, 4.69) is 4.98 Å². The summed E-state index contributed by atoms with van der Waals surface area (Å²) in [5.41, 5.74) is 5.96. The zero-order chi connectivity index (χ0) is 22.1. The van der Waals surface area contributed by atoms with Gasteiger partial charge in [0.25, 0.3) is 5.91 Å². The van der Waals surface area contributed by atoms with Gasteiger partial charge in [-0.25, -0.2) is 9.37 Å². The molecule has 1 aliphatic rings. The van der Waals surface area contributed by atoms with Crippen LogP contribution in [-0.4, -0.2) is 46.6 Å². The van der Waals surface area contributed by atoms with Crippen molar-refractivity contribution in [2.75, 3.05) is 20.2 Å². The van der Waals surface area contributed by atoms with Crippen molar-refractivity contribution in [2.45, 2.75) is 12.5 Å². The smallest absolute Gasteiger partial charge is 0.277 e. The number of nitriles is 1. The van der Waals surface area contributed by atoms with Crippen molar-refractivity contribution in [2.24, 2.45) is 5.73 Å². The fourth-order valence-corrected chi connectivity index (χ4v) is 3.56. The summed E-state index contributed by atoms with van der Waals surface area (Å²) in [7, 11) is 1.51. The Hall–Kier alpha value is -3.77. The molecule has 7 nitrogen and oxygen atoms in total. The van der Waals surface area contributed by atoms with Gasteiger partial charge in [0.2, 0.25) is 5.95 Å². The second kappa shape index (κ2) is 8.16. The average molecular weight is 423 g/mol. The zero-order valence-corrected chi connectivity index (χ0v) is 16.7. The predicted octanol–water partition coefficient (Wildman–Crippen LogP) is 2.87. The van der Waals surface area contributed by atoms with E-state index in [1.54, 1.807) is 30.3 Å². The average Bonchev–Trinajstić information content (AvgIpc) is 3.36. The monoisotopic (exact) mass is 423 g/mol. The highest BCUT2D eigenvalue weighted by molar-refractivity contribution is 5.93. The van der Waals surface area contributed by atoms with Gasteiger partial charge < -0.3 is 15.4 Å². The lowest BCUT2D eigenvalue weighted by Gasteiger charge is -2.14. The zero-order valence-electron chi connectivity index (χ0n) is 16.7. The number of ether oxygens (including phenoxy) is 1. The topological polar surface area (TPSA) is 97.2 Å². The SMILES string of the molecule is COc1ccc(-n2c(-c3ccc(C#N)c(F)c3)nc(C(=O)N3CC[C@H](N)C3)c2F)cc1. The first-order valence-corrected chi connectivity index (χ1v) is 9.60.